The van der Waals surface area contributed by atoms with Crippen LogP contribution in [0.15, 0.2) is 316 Å². The number of ether oxygens (including phenoxy) is 5. The number of Topliss-reactive ketones (excluding diaryl/α,β-unsaturated/α-hetero) is 5. The monoisotopic (exact) mass is 1830 g/mol. The van der Waals surface area contributed by atoms with Crippen molar-refractivity contribution in [3.05, 3.63) is 419 Å². The zero-order valence-electron chi connectivity index (χ0n) is 74.1. The van der Waals surface area contributed by atoms with E-state index in [1.165, 1.54) is 37.7 Å². The zero-order chi connectivity index (χ0) is 91.8. The number of halogens is 5. The Bertz CT molecular complexity index is 5330. The van der Waals surface area contributed by atoms with Crippen molar-refractivity contribution in [3.8, 4) is 55.6 Å². The molecule has 0 amide bonds. The molecule has 15 rings (SSSR count). The number of nitrogens with zero attached hydrogens (tertiary/aromatic N) is 3. The van der Waals surface area contributed by atoms with Crippen molar-refractivity contribution in [1.82, 2.24) is 15.0 Å². The number of pyridine rings is 3. The molecule has 0 aliphatic heterocycles. The lowest BCUT2D eigenvalue weighted by Crippen LogP contribution is -2.09. The van der Waals surface area contributed by atoms with Gasteiger partial charge in [0.1, 0.15) is 0 Å². The first-order chi connectivity index (χ1) is 63.3. The minimum Gasteiger partial charge on any atom is -0.380 e. The summed E-state index contributed by atoms with van der Waals surface area (Å²) in [6.45, 7) is 2.28. The van der Waals surface area contributed by atoms with Gasteiger partial charge in [0.15, 0.2) is 28.9 Å². The summed E-state index contributed by atoms with van der Waals surface area (Å²) in [6.07, 6.45) is 21.7. The molecule has 0 spiro atoms. The number of rotatable bonds is 35. The molecule has 1 saturated carbocycles. The van der Waals surface area contributed by atoms with E-state index < -0.39 is 0 Å². The third kappa shape index (κ3) is 31.1. The molecule has 0 N–H and O–H groups in total. The van der Waals surface area contributed by atoms with Crippen molar-refractivity contribution in [1.29, 1.82) is 0 Å². The lowest BCUT2D eigenvalue weighted by Gasteiger charge is -2.21. The van der Waals surface area contributed by atoms with E-state index in [4.69, 9.17) is 81.7 Å². The Morgan fingerprint density at radius 2 is 0.585 bits per heavy atom. The fraction of sp³-hybridized carbons (Fsp3) is 0.232. The normalized spacial score (nSPS) is 11.6. The van der Waals surface area contributed by atoms with E-state index in [0.29, 0.717) is 121 Å². The number of methoxy groups -OCH3 is 5. The Morgan fingerprint density at radius 1 is 0.285 bits per heavy atom. The molecule has 0 saturated heterocycles. The number of hydrogen-bond donors (Lipinski definition) is 0. The van der Waals surface area contributed by atoms with Crippen LogP contribution in [0.4, 0.5) is 0 Å². The van der Waals surface area contributed by atoms with E-state index in [-0.39, 0.29) is 28.9 Å². The van der Waals surface area contributed by atoms with Gasteiger partial charge < -0.3 is 23.7 Å². The summed E-state index contributed by atoms with van der Waals surface area (Å²) >= 11 is 29.9. The molecule has 666 valence electrons. The third-order valence-electron chi connectivity index (χ3n) is 22.5. The first-order valence-corrected chi connectivity index (χ1v) is 45.5. The van der Waals surface area contributed by atoms with Crippen LogP contribution in [-0.2, 0) is 82.4 Å². The quantitative estimate of drug-likeness (QED) is 0.0344. The van der Waals surface area contributed by atoms with Crippen molar-refractivity contribution in [2.24, 2.45) is 5.92 Å². The average Bonchev–Trinajstić information content (AvgIpc) is 0.835. The Hall–Kier alpha value is -11.5. The van der Waals surface area contributed by atoms with Crippen LogP contribution in [0.25, 0.3) is 55.6 Å². The molecule has 0 atom stereocenters. The van der Waals surface area contributed by atoms with Crippen LogP contribution < -0.4 is 0 Å². The number of aryl methyl sites for hydroxylation is 4. The maximum absolute atomic E-state index is 12.7. The highest BCUT2D eigenvalue weighted by Gasteiger charge is 2.21. The van der Waals surface area contributed by atoms with Crippen molar-refractivity contribution < 1.29 is 47.7 Å². The van der Waals surface area contributed by atoms with E-state index in [2.05, 4.69) is 15.0 Å². The number of carbonyl (C=O) groups excluding carboxylic acids is 5. The fourth-order valence-corrected chi connectivity index (χ4v) is 16.2. The maximum Gasteiger partial charge on any atom is 0.163 e. The van der Waals surface area contributed by atoms with E-state index >= 15 is 0 Å². The fourth-order valence-electron chi connectivity index (χ4n) is 15.6. The number of hydrogen-bond acceptors (Lipinski definition) is 13. The van der Waals surface area contributed by atoms with Crippen LogP contribution in [0.5, 0.6) is 0 Å². The standard InChI is InChI=1S/C23H27ClO2.C23H21ClO2.3C22H20ClNO2/c2*1-26-16-20-15-19(23(25)14-7-17-5-3-2-4-6-17)10-13-22(20)18-8-11-21(24)12-9-18;1-26-15-19-14-18(22(25)9-2-16-10-12-24-13-11-16)5-8-21(19)17-3-6-20(23)7-4-17;1-26-15-19-13-18(22(25)11-4-16-3-2-12-24-14-16)7-10-21(19)17-5-8-20(23)9-6-17;1-26-15-18-14-17(22(25)12-10-20-4-2-3-13-24-20)7-11-21(18)16-5-8-19(23)9-6-16/h8-13,15,17H,2-7,14,16H2,1H3;2-6,8-13,15H,7,14,16H2,1H3;3-8,10-14H,2,9,15H2,1H3;2-3,5-10,12-14H,4,11,15H2,1H3;2-9,11,13-14H,10,12,15H2,1H3. The van der Waals surface area contributed by atoms with Gasteiger partial charge in [-0.1, -0.05) is 254 Å². The summed E-state index contributed by atoms with van der Waals surface area (Å²) < 4.78 is 26.7. The minimum atomic E-state index is 0.107. The SMILES string of the molecule is COCc1cc(C(=O)CCC2CCCCC2)ccc1-c1ccc(Cl)cc1.COCc1cc(C(=O)CCc2ccccc2)ccc1-c1ccc(Cl)cc1.COCc1cc(C(=O)CCc2ccccn2)ccc1-c1ccc(Cl)cc1.COCc1cc(C(=O)CCc2cccnc2)ccc1-c1ccc(Cl)cc1.COCc1cc(C(=O)CCc2ccncc2)ccc1-c1ccc(Cl)cc1. The number of benzene rings is 11. The second-order valence-corrected chi connectivity index (χ2v) is 33.9. The van der Waals surface area contributed by atoms with Crippen molar-refractivity contribution in [2.75, 3.05) is 35.5 Å². The molecular formula is C112H108Cl5N3O10. The smallest absolute Gasteiger partial charge is 0.163 e. The Balaban J connectivity index is 0.000000157. The van der Waals surface area contributed by atoms with Crippen LogP contribution in [0.1, 0.15) is 173 Å². The second-order valence-electron chi connectivity index (χ2n) is 31.7. The zero-order valence-corrected chi connectivity index (χ0v) is 77.8. The number of carbonyl (C=O) groups is 5. The molecule has 14 aromatic rings. The van der Waals surface area contributed by atoms with Gasteiger partial charge >= 0.3 is 0 Å². The summed E-state index contributed by atoms with van der Waals surface area (Å²) in [6, 6.07) is 91.2. The van der Waals surface area contributed by atoms with Gasteiger partial charge in [0.2, 0.25) is 0 Å². The van der Waals surface area contributed by atoms with Gasteiger partial charge in [-0.3, -0.25) is 38.9 Å². The van der Waals surface area contributed by atoms with Gasteiger partial charge in [0.05, 0.1) is 33.0 Å². The summed E-state index contributed by atoms with van der Waals surface area (Å²) in [5.74, 6) is 1.48. The topological polar surface area (TPSA) is 170 Å². The van der Waals surface area contributed by atoms with Crippen molar-refractivity contribution in [2.45, 2.75) is 129 Å². The molecule has 0 radical (unpaired) electrons. The molecule has 11 aromatic carbocycles. The van der Waals surface area contributed by atoms with Gasteiger partial charge in [-0.2, -0.15) is 0 Å². The first-order valence-electron chi connectivity index (χ1n) is 43.6. The van der Waals surface area contributed by atoms with Crippen LogP contribution in [-0.4, -0.2) is 79.4 Å². The highest BCUT2D eigenvalue weighted by Crippen LogP contribution is 2.35. The van der Waals surface area contributed by atoms with E-state index in [1.807, 2.05) is 285 Å². The van der Waals surface area contributed by atoms with Crippen LogP contribution in [0.2, 0.25) is 25.1 Å². The molecule has 1 aliphatic carbocycles. The van der Waals surface area contributed by atoms with Gasteiger partial charge in [0.25, 0.3) is 0 Å². The van der Waals surface area contributed by atoms with Crippen LogP contribution >= 0.6 is 58.0 Å². The first kappa shape index (κ1) is 99.1. The van der Waals surface area contributed by atoms with E-state index in [9.17, 15) is 24.0 Å². The predicted octanol–water partition coefficient (Wildman–Crippen LogP) is 28.8. The van der Waals surface area contributed by atoms with Crippen LogP contribution in [0, 0.1) is 5.92 Å². The molecule has 3 aromatic heterocycles. The summed E-state index contributed by atoms with van der Waals surface area (Å²) in [4.78, 5) is 75.4. The lowest BCUT2D eigenvalue weighted by atomic mass is 9.85. The Morgan fingerprint density at radius 3 is 0.892 bits per heavy atom. The van der Waals surface area contributed by atoms with Gasteiger partial charge in [0, 0.05) is 157 Å². The largest absolute Gasteiger partial charge is 0.380 e. The molecule has 13 nitrogen and oxygen atoms in total. The Labute approximate surface area is 789 Å². The molecule has 18 heteroatoms. The van der Waals surface area contributed by atoms with Crippen LogP contribution in [0.3, 0.4) is 0 Å². The summed E-state index contributed by atoms with van der Waals surface area (Å²) in [5.41, 5.74) is 23.5. The average molecular weight is 1830 g/mol. The predicted molar refractivity (Wildman–Crippen MR) is 528 cm³/mol. The molecule has 130 heavy (non-hydrogen) atoms. The second kappa shape index (κ2) is 53.0. The molecule has 1 fully saturated rings. The molecule has 1 aliphatic rings. The lowest BCUT2D eigenvalue weighted by molar-refractivity contribution is 0.0964. The maximum atomic E-state index is 12.7. The minimum absolute atomic E-state index is 0.107. The molecular weight excluding hydrogens is 1720 g/mol. The van der Waals surface area contributed by atoms with Gasteiger partial charge in [-0.15, -0.1) is 0 Å². The summed E-state index contributed by atoms with van der Waals surface area (Å²) in [7, 11) is 8.31. The van der Waals surface area contributed by atoms with E-state index in [0.717, 1.165) is 135 Å². The van der Waals surface area contributed by atoms with E-state index in [1.54, 1.807) is 66.5 Å². The number of aromatic nitrogens is 3. The van der Waals surface area contributed by atoms with Crippen molar-refractivity contribution >= 4 is 86.9 Å². The van der Waals surface area contributed by atoms with Gasteiger partial charge in [-0.05, 0) is 259 Å². The third-order valence-corrected chi connectivity index (χ3v) is 23.7. The highest BCUT2D eigenvalue weighted by atomic mass is 35.5. The Kier molecular flexibility index (Phi) is 40.3. The van der Waals surface area contributed by atoms with Crippen molar-refractivity contribution in [3.63, 3.8) is 0 Å². The molecule has 0 bridgehead atoms. The number of ketones is 5. The highest BCUT2D eigenvalue weighted by molar-refractivity contribution is 6.32. The molecule has 0 unspecified atom stereocenters. The summed E-state index contributed by atoms with van der Waals surface area (Å²) in [5, 5.41) is 3.52. The molecule has 3 heterocycles. The van der Waals surface area contributed by atoms with Gasteiger partial charge in [-0.25, -0.2) is 0 Å².